The molecule has 0 unspecified atom stereocenters. The van der Waals surface area contributed by atoms with E-state index in [0.29, 0.717) is 28.1 Å². The molecule has 0 amide bonds. The van der Waals surface area contributed by atoms with E-state index in [-0.39, 0.29) is 24.3 Å². The van der Waals surface area contributed by atoms with Crippen molar-refractivity contribution in [3.05, 3.63) is 78.1 Å². The first-order valence-corrected chi connectivity index (χ1v) is 9.77. The van der Waals surface area contributed by atoms with Crippen LogP contribution in [0.1, 0.15) is 18.0 Å². The summed E-state index contributed by atoms with van der Waals surface area (Å²) < 4.78 is 42.6. The number of anilines is 1. The van der Waals surface area contributed by atoms with Crippen LogP contribution >= 0.6 is 0 Å². The van der Waals surface area contributed by atoms with Gasteiger partial charge >= 0.3 is 0 Å². The quantitative estimate of drug-likeness (QED) is 0.505. The number of phenols is 1. The van der Waals surface area contributed by atoms with E-state index < -0.39 is 23.8 Å². The van der Waals surface area contributed by atoms with Crippen LogP contribution in [-0.2, 0) is 0 Å². The number of para-hydroxylation sites is 1. The van der Waals surface area contributed by atoms with Gasteiger partial charge in [-0.3, -0.25) is 0 Å². The summed E-state index contributed by atoms with van der Waals surface area (Å²) in [7, 11) is 0. The first kappa shape index (κ1) is 19.3. The third-order valence-electron chi connectivity index (χ3n) is 5.49. The second-order valence-corrected chi connectivity index (χ2v) is 7.44. The van der Waals surface area contributed by atoms with Gasteiger partial charge in [-0.1, -0.05) is 12.1 Å². The summed E-state index contributed by atoms with van der Waals surface area (Å²) in [5, 5.41) is 10.3. The van der Waals surface area contributed by atoms with Crippen LogP contribution in [0.3, 0.4) is 0 Å². The highest BCUT2D eigenvalue weighted by atomic mass is 19.1. The molecule has 0 radical (unpaired) electrons. The molecule has 1 saturated heterocycles. The number of phenolic OH excluding ortho intramolecular Hbond substituents is 1. The Morgan fingerprint density at radius 2 is 1.84 bits per heavy atom. The molecule has 5 rings (SSSR count). The maximum Gasteiger partial charge on any atom is 0.130 e. The van der Waals surface area contributed by atoms with E-state index in [1.165, 1.54) is 6.33 Å². The second kappa shape index (κ2) is 7.54. The lowest BCUT2D eigenvalue weighted by molar-refractivity contribution is 0.355. The van der Waals surface area contributed by atoms with Crippen LogP contribution in [0.15, 0.2) is 60.9 Å². The van der Waals surface area contributed by atoms with E-state index >= 15 is 0 Å². The normalized spacial score (nSPS) is 18.6. The Kier molecular flexibility index (Phi) is 4.69. The van der Waals surface area contributed by atoms with E-state index in [2.05, 4.69) is 15.0 Å². The van der Waals surface area contributed by atoms with Crippen molar-refractivity contribution < 1.29 is 18.3 Å². The third kappa shape index (κ3) is 3.43. The van der Waals surface area contributed by atoms with Gasteiger partial charge in [0, 0.05) is 17.5 Å². The van der Waals surface area contributed by atoms with Crippen molar-refractivity contribution in [2.75, 3.05) is 11.4 Å². The number of aromatic hydroxyl groups is 1. The minimum absolute atomic E-state index is 0.00125. The molecule has 4 aromatic rings. The molecule has 8 heteroatoms. The Labute approximate surface area is 175 Å². The number of pyridine rings is 1. The van der Waals surface area contributed by atoms with Crippen molar-refractivity contribution >= 4 is 16.9 Å². The molecular formula is C23H17F3N4O. The van der Waals surface area contributed by atoms with Crippen molar-refractivity contribution in [2.24, 2.45) is 0 Å². The summed E-state index contributed by atoms with van der Waals surface area (Å²) in [4.78, 5) is 14.8. The first-order chi connectivity index (χ1) is 15.0. The average molecular weight is 422 g/mol. The number of halogens is 3. The van der Waals surface area contributed by atoms with Crippen LogP contribution < -0.4 is 4.90 Å². The van der Waals surface area contributed by atoms with Crippen molar-refractivity contribution in [3.63, 3.8) is 0 Å². The molecule has 1 aliphatic heterocycles. The zero-order chi connectivity index (χ0) is 21.5. The molecule has 0 aliphatic carbocycles. The molecule has 1 N–H and O–H groups in total. The number of hydrogen-bond acceptors (Lipinski definition) is 5. The van der Waals surface area contributed by atoms with E-state index in [9.17, 15) is 18.3 Å². The standard InChI is InChI=1S/C23H17F3N4O/c24-13-5-6-17(26)16(9-13)19-10-14(25)11-30(19)21-8-7-18-23(29-21)22(28-12-27-18)15-3-1-2-4-20(15)31/h1-9,12,14,19,31H,10-11H2/t14-,19+/m0/s1. The Balaban J connectivity index is 1.64. The predicted octanol–water partition coefficient (Wildman–Crippen LogP) is 4.97. The Morgan fingerprint density at radius 1 is 1.00 bits per heavy atom. The fourth-order valence-electron chi connectivity index (χ4n) is 4.06. The molecule has 1 fully saturated rings. The zero-order valence-electron chi connectivity index (χ0n) is 16.2. The number of hydrogen-bond donors (Lipinski definition) is 1. The Bertz CT molecular complexity index is 1280. The van der Waals surface area contributed by atoms with Gasteiger partial charge < -0.3 is 10.0 Å². The smallest absolute Gasteiger partial charge is 0.130 e. The monoisotopic (exact) mass is 422 g/mol. The number of alkyl halides is 1. The zero-order valence-corrected chi connectivity index (χ0v) is 16.2. The van der Waals surface area contributed by atoms with Crippen LogP contribution in [0.2, 0.25) is 0 Å². The summed E-state index contributed by atoms with van der Waals surface area (Å²) in [6, 6.07) is 12.6. The van der Waals surface area contributed by atoms with Gasteiger partial charge in [0.15, 0.2) is 0 Å². The molecule has 5 nitrogen and oxygen atoms in total. The fraction of sp³-hybridized carbons (Fsp3) is 0.174. The number of rotatable bonds is 3. The van der Waals surface area contributed by atoms with Gasteiger partial charge in [-0.05, 0) is 42.5 Å². The van der Waals surface area contributed by atoms with Gasteiger partial charge in [0.05, 0.1) is 18.1 Å². The van der Waals surface area contributed by atoms with Gasteiger partial charge in [0.2, 0.25) is 0 Å². The summed E-state index contributed by atoms with van der Waals surface area (Å²) in [6.45, 7) is -0.00125. The van der Waals surface area contributed by atoms with Crippen molar-refractivity contribution in [1.29, 1.82) is 0 Å². The highest BCUT2D eigenvalue weighted by molar-refractivity contribution is 5.91. The Morgan fingerprint density at radius 3 is 2.68 bits per heavy atom. The molecule has 2 atom stereocenters. The number of fused-ring (bicyclic) bond motifs is 1. The molecule has 0 bridgehead atoms. The predicted molar refractivity (Wildman–Crippen MR) is 110 cm³/mol. The van der Waals surface area contributed by atoms with Crippen molar-refractivity contribution in [3.8, 4) is 17.0 Å². The highest BCUT2D eigenvalue weighted by Crippen LogP contribution is 2.39. The average Bonchev–Trinajstić information content (AvgIpc) is 3.16. The lowest BCUT2D eigenvalue weighted by Gasteiger charge is -2.26. The van der Waals surface area contributed by atoms with Crippen molar-refractivity contribution in [1.82, 2.24) is 15.0 Å². The molecule has 2 aromatic carbocycles. The topological polar surface area (TPSA) is 62.1 Å². The first-order valence-electron chi connectivity index (χ1n) is 9.77. The van der Waals surface area contributed by atoms with Gasteiger partial charge in [0.25, 0.3) is 0 Å². The lowest BCUT2D eigenvalue weighted by atomic mass is 10.0. The number of benzene rings is 2. The maximum atomic E-state index is 14.4. The SMILES string of the molecule is Oc1ccccc1-c1ncnc2ccc(N3C[C@@H](F)C[C@@H]3c3cc(F)ccc3F)nc12. The number of nitrogens with zero attached hydrogens (tertiary/aromatic N) is 4. The fourth-order valence-corrected chi connectivity index (χ4v) is 4.06. The van der Waals surface area contributed by atoms with Crippen LogP contribution in [-0.4, -0.2) is 32.8 Å². The maximum absolute atomic E-state index is 14.4. The minimum Gasteiger partial charge on any atom is -0.507 e. The second-order valence-electron chi connectivity index (χ2n) is 7.44. The molecule has 31 heavy (non-hydrogen) atoms. The van der Waals surface area contributed by atoms with E-state index in [1.54, 1.807) is 41.3 Å². The van der Waals surface area contributed by atoms with E-state index in [4.69, 9.17) is 0 Å². The largest absolute Gasteiger partial charge is 0.507 e. The molecule has 0 saturated carbocycles. The van der Waals surface area contributed by atoms with Crippen LogP contribution in [0.25, 0.3) is 22.3 Å². The van der Waals surface area contributed by atoms with Gasteiger partial charge in [-0.2, -0.15) is 0 Å². The van der Waals surface area contributed by atoms with Crippen LogP contribution in [0, 0.1) is 11.6 Å². The van der Waals surface area contributed by atoms with Gasteiger partial charge in [-0.25, -0.2) is 28.1 Å². The summed E-state index contributed by atoms with van der Waals surface area (Å²) in [5.74, 6) is -0.739. The van der Waals surface area contributed by atoms with Crippen LogP contribution in [0.4, 0.5) is 19.0 Å². The lowest BCUT2D eigenvalue weighted by Crippen LogP contribution is -2.25. The van der Waals surface area contributed by atoms with E-state index in [1.807, 2.05) is 0 Å². The van der Waals surface area contributed by atoms with Gasteiger partial charge in [0.1, 0.15) is 46.9 Å². The molecule has 2 aromatic heterocycles. The highest BCUT2D eigenvalue weighted by Gasteiger charge is 2.36. The van der Waals surface area contributed by atoms with Crippen molar-refractivity contribution in [2.45, 2.75) is 18.6 Å². The molecule has 3 heterocycles. The van der Waals surface area contributed by atoms with Gasteiger partial charge in [-0.15, -0.1) is 0 Å². The molecule has 1 aliphatic rings. The van der Waals surface area contributed by atoms with Crippen LogP contribution in [0.5, 0.6) is 5.75 Å². The Hall–Kier alpha value is -3.68. The minimum atomic E-state index is -1.21. The summed E-state index contributed by atoms with van der Waals surface area (Å²) in [6.07, 6.45) is 0.191. The third-order valence-corrected chi connectivity index (χ3v) is 5.49. The molecule has 156 valence electrons. The molecular weight excluding hydrogens is 405 g/mol. The molecule has 0 spiro atoms. The van der Waals surface area contributed by atoms with E-state index in [0.717, 1.165) is 18.2 Å². The summed E-state index contributed by atoms with van der Waals surface area (Å²) >= 11 is 0. The number of aromatic nitrogens is 3. The summed E-state index contributed by atoms with van der Waals surface area (Å²) in [5.41, 5.74) is 1.96.